The van der Waals surface area contributed by atoms with Crippen LogP contribution in [0.25, 0.3) is 10.9 Å². The molecule has 0 radical (unpaired) electrons. The number of alkyl halides is 2. The minimum absolute atomic E-state index is 0.0677. The minimum Gasteiger partial charge on any atom is -0.497 e. The van der Waals surface area contributed by atoms with Crippen LogP contribution in [-0.2, 0) is 35.1 Å². The lowest BCUT2D eigenvalue weighted by molar-refractivity contribution is -0.141. The van der Waals surface area contributed by atoms with Crippen molar-refractivity contribution in [1.82, 2.24) is 25.2 Å². The molecule has 17 heteroatoms. The van der Waals surface area contributed by atoms with Crippen LogP contribution in [-0.4, -0.2) is 89.8 Å². The summed E-state index contributed by atoms with van der Waals surface area (Å²) in [5, 5.41) is 5.75. The molecule has 0 bridgehead atoms. The van der Waals surface area contributed by atoms with Gasteiger partial charge in [-0.1, -0.05) is 25.0 Å². The number of halogens is 2. The number of nitrogens with zero attached hydrogens (tertiary/aromatic N) is 2. The molecular weight excluding hydrogens is 801 g/mol. The number of pyridine rings is 1. The molecule has 5 atom stereocenters. The molecule has 60 heavy (non-hydrogen) atoms. The maximum atomic E-state index is 17.1. The lowest BCUT2D eigenvalue weighted by Crippen LogP contribution is -2.58. The predicted octanol–water partition coefficient (Wildman–Crippen LogP) is 5.77. The lowest BCUT2D eigenvalue weighted by atomic mass is 9.84. The van der Waals surface area contributed by atoms with Crippen molar-refractivity contribution in [2.75, 3.05) is 13.7 Å². The Kier molecular flexibility index (Phi) is 10.1. The molecule has 5 unspecified atom stereocenters. The van der Waals surface area contributed by atoms with Crippen molar-refractivity contribution in [2.45, 2.75) is 156 Å². The number of alkyl carbamates (subject to hydrolysis) is 1. The van der Waals surface area contributed by atoms with Crippen molar-refractivity contribution >= 4 is 44.7 Å². The summed E-state index contributed by atoms with van der Waals surface area (Å²) in [5.74, 6) is -6.24. The van der Waals surface area contributed by atoms with Gasteiger partial charge in [0.1, 0.15) is 35.1 Å². The van der Waals surface area contributed by atoms with Crippen LogP contribution in [0.3, 0.4) is 0 Å². The molecule has 1 aromatic carbocycles. The number of fused-ring (bicyclic) bond motifs is 5. The molecule has 324 valence electrons. The van der Waals surface area contributed by atoms with Crippen LogP contribution in [0.5, 0.6) is 11.5 Å². The van der Waals surface area contributed by atoms with Gasteiger partial charge >= 0.3 is 6.09 Å². The van der Waals surface area contributed by atoms with Crippen molar-refractivity contribution in [2.24, 2.45) is 5.92 Å². The number of amides is 4. The molecule has 4 amide bonds. The number of allylic oxidation sites excluding steroid dienone is 1. The smallest absolute Gasteiger partial charge is 0.408 e. The second-order valence-corrected chi connectivity index (χ2v) is 20.6. The molecule has 9 rings (SSSR count). The topological polar surface area (TPSA) is 182 Å². The molecule has 4 aliphatic carbocycles. The Labute approximate surface area is 347 Å². The van der Waals surface area contributed by atoms with E-state index in [1.54, 1.807) is 25.1 Å². The standard InChI is InChI=1S/C43H53F2N5O9S/c1-40(18-19-40)60(55,56)49-38(53)42-21-26(42)10-6-4-3-5-7-13-31(47-39(54)58-27-11-8-9-12-27)37(52)50-24-41(22-32(50)36(51)48-42)23-43(44,45)33-29-20-28(57-2)16-17-30(29)46-34(25-14-15-25)35(33)59-41/h6,10,16-17,20,25-27,31-32H,3-5,7-9,11-15,18-19,21-24H2,1-2H3,(H,47,54)(H,48,51)(H,49,53). The quantitative estimate of drug-likeness (QED) is 0.290. The Balaban J connectivity index is 1.09. The van der Waals surface area contributed by atoms with Crippen LogP contribution in [0.1, 0.15) is 127 Å². The monoisotopic (exact) mass is 853 g/mol. The van der Waals surface area contributed by atoms with Gasteiger partial charge in [-0.05, 0) is 102 Å². The molecular formula is C43H53F2N5O9S. The average Bonchev–Trinajstić information content (AvgIpc) is 4.16. The zero-order valence-corrected chi connectivity index (χ0v) is 34.8. The second-order valence-electron chi connectivity index (χ2n) is 18.4. The summed E-state index contributed by atoms with van der Waals surface area (Å²) < 4.78 is 79.7. The summed E-state index contributed by atoms with van der Waals surface area (Å²) >= 11 is 0. The van der Waals surface area contributed by atoms with Gasteiger partial charge in [-0.15, -0.1) is 0 Å². The number of hydrogen-bond acceptors (Lipinski definition) is 10. The Morgan fingerprint density at radius 2 is 1.77 bits per heavy atom. The van der Waals surface area contributed by atoms with E-state index in [0.29, 0.717) is 61.9 Å². The maximum absolute atomic E-state index is 17.1. The molecule has 1 aromatic heterocycles. The van der Waals surface area contributed by atoms with Gasteiger partial charge in [0.15, 0.2) is 5.75 Å². The van der Waals surface area contributed by atoms with Crippen LogP contribution >= 0.6 is 0 Å². The number of aromatic nitrogens is 1. The SMILES string of the molecule is COc1ccc2nc(C3CC3)c3c(c2c1)C(F)(F)CC1(CC2C(=O)NC4(C(=O)NS(=O)(=O)C5(C)CC5)CC4C=CCCCCCC(NC(=O)OC4CCCC4)C(=O)N2C1)O3. The van der Waals surface area contributed by atoms with E-state index < -0.39 is 86.6 Å². The number of methoxy groups -OCH3 is 1. The predicted molar refractivity (Wildman–Crippen MR) is 214 cm³/mol. The zero-order valence-electron chi connectivity index (χ0n) is 34.0. The third kappa shape index (κ3) is 7.46. The van der Waals surface area contributed by atoms with Crippen LogP contribution in [0, 0.1) is 5.92 Å². The molecule has 5 fully saturated rings. The molecule has 2 aromatic rings. The number of carbonyl (C=O) groups is 4. The van der Waals surface area contributed by atoms with E-state index >= 15 is 8.78 Å². The number of benzene rings is 1. The summed E-state index contributed by atoms with van der Waals surface area (Å²) in [6.07, 6.45) is 9.79. The lowest BCUT2D eigenvalue weighted by Gasteiger charge is -2.40. The van der Waals surface area contributed by atoms with Crippen molar-refractivity contribution in [3.8, 4) is 11.5 Å². The number of rotatable bonds is 7. The Morgan fingerprint density at radius 3 is 2.48 bits per heavy atom. The minimum atomic E-state index is -4.08. The third-order valence-corrected chi connectivity index (χ3v) is 16.0. The summed E-state index contributed by atoms with van der Waals surface area (Å²) in [6, 6.07) is 2.23. The van der Waals surface area contributed by atoms with Gasteiger partial charge in [0.2, 0.25) is 21.8 Å². The largest absolute Gasteiger partial charge is 0.497 e. The second kappa shape index (κ2) is 14.8. The summed E-state index contributed by atoms with van der Waals surface area (Å²) in [4.78, 5) is 63.0. The summed E-state index contributed by atoms with van der Waals surface area (Å²) in [5.41, 5.74) is -3.00. The van der Waals surface area contributed by atoms with E-state index in [2.05, 4.69) is 15.4 Å². The fourth-order valence-electron chi connectivity index (χ4n) is 9.74. The highest BCUT2D eigenvalue weighted by molar-refractivity contribution is 7.91. The first-order valence-electron chi connectivity index (χ1n) is 21.5. The van der Waals surface area contributed by atoms with Crippen molar-refractivity contribution < 1.29 is 50.6 Å². The van der Waals surface area contributed by atoms with Crippen molar-refractivity contribution in [3.63, 3.8) is 0 Å². The molecule has 7 aliphatic rings. The van der Waals surface area contributed by atoms with E-state index in [4.69, 9.17) is 19.2 Å². The van der Waals surface area contributed by atoms with E-state index in [1.165, 1.54) is 18.1 Å². The van der Waals surface area contributed by atoms with E-state index in [-0.39, 0.29) is 48.0 Å². The van der Waals surface area contributed by atoms with E-state index in [1.807, 2.05) is 6.08 Å². The highest BCUT2D eigenvalue weighted by Crippen LogP contribution is 2.58. The normalized spacial score (nSPS) is 31.1. The number of nitrogens with one attached hydrogen (secondary N) is 3. The van der Waals surface area contributed by atoms with Crippen LogP contribution in [0.4, 0.5) is 13.6 Å². The van der Waals surface area contributed by atoms with Crippen molar-refractivity contribution in [1.29, 1.82) is 0 Å². The zero-order chi connectivity index (χ0) is 42.2. The molecule has 4 saturated carbocycles. The van der Waals surface area contributed by atoms with Crippen LogP contribution < -0.4 is 24.8 Å². The molecule has 3 aliphatic heterocycles. The van der Waals surface area contributed by atoms with Gasteiger partial charge in [-0.3, -0.25) is 19.1 Å². The first kappa shape index (κ1) is 40.8. The van der Waals surface area contributed by atoms with Gasteiger partial charge in [0, 0.05) is 23.6 Å². The third-order valence-electron chi connectivity index (χ3n) is 13.8. The number of ether oxygens (including phenoxy) is 3. The number of carbonyl (C=O) groups excluding carboxylic acids is 4. The van der Waals surface area contributed by atoms with E-state index in [9.17, 15) is 27.6 Å². The fourth-order valence-corrected chi connectivity index (χ4v) is 11.0. The van der Waals surface area contributed by atoms with E-state index in [0.717, 1.165) is 32.1 Å². The Bertz CT molecular complexity index is 2260. The van der Waals surface area contributed by atoms with Gasteiger partial charge in [0.25, 0.3) is 11.8 Å². The van der Waals surface area contributed by atoms with Gasteiger partial charge in [-0.25, -0.2) is 27.0 Å². The fraction of sp³-hybridized carbons (Fsp3) is 0.651. The highest BCUT2D eigenvalue weighted by atomic mass is 32.2. The van der Waals surface area contributed by atoms with Gasteiger partial charge < -0.3 is 29.7 Å². The van der Waals surface area contributed by atoms with Crippen molar-refractivity contribution in [3.05, 3.63) is 41.6 Å². The van der Waals surface area contributed by atoms with Crippen LogP contribution in [0.15, 0.2) is 30.4 Å². The molecule has 4 heterocycles. The number of hydrogen-bond donors (Lipinski definition) is 3. The van der Waals surface area contributed by atoms with Gasteiger partial charge in [0.05, 0.1) is 41.6 Å². The first-order chi connectivity index (χ1) is 28.6. The number of sulfonamides is 1. The Morgan fingerprint density at radius 1 is 1.02 bits per heavy atom. The average molecular weight is 854 g/mol. The van der Waals surface area contributed by atoms with Crippen LogP contribution in [0.2, 0.25) is 0 Å². The molecule has 3 N–H and O–H groups in total. The Hall–Kier alpha value is -4.54. The maximum Gasteiger partial charge on any atom is 0.408 e. The summed E-state index contributed by atoms with van der Waals surface area (Å²) in [7, 11) is -2.64. The highest BCUT2D eigenvalue weighted by Gasteiger charge is 2.65. The first-order valence-corrected chi connectivity index (χ1v) is 23.0. The molecule has 1 saturated heterocycles. The molecule has 14 nitrogen and oxygen atoms in total. The summed E-state index contributed by atoms with van der Waals surface area (Å²) in [6.45, 7) is 1.13. The molecule has 1 spiro atoms. The van der Waals surface area contributed by atoms with Gasteiger partial charge in [-0.2, -0.15) is 0 Å².